The molecule has 0 atom stereocenters. The Hall–Kier alpha value is -1.94. The standard InChI is InChI=1S/C17H20F2N2/c1-3-20-11-14-16(19)9-6-10-17(14)21(2)12-13-7-4-5-8-15(13)18/h4-10,20H,3,11-12H2,1-2H3. The average Bonchev–Trinajstić information content (AvgIpc) is 2.48. The highest BCUT2D eigenvalue weighted by Crippen LogP contribution is 2.24. The number of nitrogens with one attached hydrogen (secondary N) is 1. The highest BCUT2D eigenvalue weighted by Gasteiger charge is 2.13. The van der Waals surface area contributed by atoms with Gasteiger partial charge in [-0.2, -0.15) is 0 Å². The third-order valence-corrected chi connectivity index (χ3v) is 3.42. The molecule has 0 aliphatic heterocycles. The molecule has 0 saturated heterocycles. The Kier molecular flexibility index (Phi) is 5.28. The summed E-state index contributed by atoms with van der Waals surface area (Å²) in [5.74, 6) is -0.484. The van der Waals surface area contributed by atoms with Gasteiger partial charge in [-0.1, -0.05) is 31.2 Å². The van der Waals surface area contributed by atoms with Crippen LogP contribution in [0.1, 0.15) is 18.1 Å². The maximum atomic E-state index is 14.0. The molecular weight excluding hydrogens is 270 g/mol. The van der Waals surface area contributed by atoms with E-state index in [1.54, 1.807) is 24.3 Å². The van der Waals surface area contributed by atoms with Crippen LogP contribution in [-0.2, 0) is 13.1 Å². The van der Waals surface area contributed by atoms with E-state index in [1.807, 2.05) is 24.9 Å². The van der Waals surface area contributed by atoms with Crippen LogP contribution in [0.5, 0.6) is 0 Å². The maximum absolute atomic E-state index is 14.0. The fourth-order valence-corrected chi connectivity index (χ4v) is 2.30. The van der Waals surface area contributed by atoms with Gasteiger partial charge in [0, 0.05) is 37.0 Å². The highest BCUT2D eigenvalue weighted by molar-refractivity contribution is 5.54. The zero-order valence-electron chi connectivity index (χ0n) is 12.4. The molecule has 21 heavy (non-hydrogen) atoms. The molecule has 0 aliphatic rings. The minimum Gasteiger partial charge on any atom is -0.370 e. The molecule has 4 heteroatoms. The van der Waals surface area contributed by atoms with Crippen LogP contribution in [0.15, 0.2) is 42.5 Å². The Morgan fingerprint density at radius 2 is 1.71 bits per heavy atom. The van der Waals surface area contributed by atoms with E-state index in [0.717, 1.165) is 12.2 Å². The van der Waals surface area contributed by atoms with Gasteiger partial charge >= 0.3 is 0 Å². The molecule has 2 aromatic rings. The van der Waals surface area contributed by atoms with Crippen LogP contribution in [0.4, 0.5) is 14.5 Å². The quantitative estimate of drug-likeness (QED) is 0.872. The van der Waals surface area contributed by atoms with E-state index in [4.69, 9.17) is 0 Å². The second-order valence-corrected chi connectivity index (χ2v) is 4.97. The molecule has 0 aromatic heterocycles. The van der Waals surface area contributed by atoms with Crippen LogP contribution in [0.3, 0.4) is 0 Å². The van der Waals surface area contributed by atoms with Crippen LogP contribution in [0, 0.1) is 11.6 Å². The van der Waals surface area contributed by atoms with Gasteiger partial charge in [0.15, 0.2) is 0 Å². The smallest absolute Gasteiger partial charge is 0.129 e. The minimum absolute atomic E-state index is 0.242. The fraction of sp³-hybridized carbons (Fsp3) is 0.294. The van der Waals surface area contributed by atoms with Gasteiger partial charge in [0.05, 0.1) is 0 Å². The molecule has 0 unspecified atom stereocenters. The number of hydrogen-bond donors (Lipinski definition) is 1. The summed E-state index contributed by atoms with van der Waals surface area (Å²) in [6.45, 7) is 3.60. The van der Waals surface area contributed by atoms with E-state index in [9.17, 15) is 8.78 Å². The Morgan fingerprint density at radius 1 is 1.00 bits per heavy atom. The molecule has 0 bridgehead atoms. The number of rotatable bonds is 6. The number of anilines is 1. The molecule has 2 aromatic carbocycles. The third-order valence-electron chi connectivity index (χ3n) is 3.42. The molecule has 112 valence electrons. The summed E-state index contributed by atoms with van der Waals surface area (Å²) in [4.78, 5) is 1.87. The molecule has 0 spiro atoms. The number of benzene rings is 2. The first-order valence-electron chi connectivity index (χ1n) is 7.06. The van der Waals surface area contributed by atoms with Gasteiger partial charge in [-0.15, -0.1) is 0 Å². The Balaban J connectivity index is 2.24. The molecule has 2 nitrogen and oxygen atoms in total. The first-order chi connectivity index (χ1) is 10.1. The van der Waals surface area contributed by atoms with Crippen LogP contribution in [0.2, 0.25) is 0 Å². The maximum Gasteiger partial charge on any atom is 0.129 e. The van der Waals surface area contributed by atoms with Crippen LogP contribution in [0.25, 0.3) is 0 Å². The lowest BCUT2D eigenvalue weighted by Crippen LogP contribution is -2.22. The van der Waals surface area contributed by atoms with Crippen molar-refractivity contribution in [2.45, 2.75) is 20.0 Å². The topological polar surface area (TPSA) is 15.3 Å². The summed E-state index contributed by atoms with van der Waals surface area (Å²) in [5.41, 5.74) is 1.98. The van der Waals surface area contributed by atoms with Crippen LogP contribution >= 0.6 is 0 Å². The van der Waals surface area contributed by atoms with Crippen molar-refractivity contribution in [1.82, 2.24) is 5.32 Å². The average molecular weight is 290 g/mol. The van der Waals surface area contributed by atoms with E-state index in [0.29, 0.717) is 24.2 Å². The molecule has 1 N–H and O–H groups in total. The van der Waals surface area contributed by atoms with Crippen LogP contribution in [-0.4, -0.2) is 13.6 Å². The van der Waals surface area contributed by atoms with Gasteiger partial charge in [0.1, 0.15) is 11.6 Å². The van der Waals surface area contributed by atoms with Crippen LogP contribution < -0.4 is 10.2 Å². The molecule has 2 rings (SSSR count). The van der Waals surface area contributed by atoms with E-state index in [1.165, 1.54) is 12.1 Å². The van der Waals surface area contributed by atoms with Crippen molar-refractivity contribution in [3.05, 3.63) is 65.2 Å². The summed E-state index contributed by atoms with van der Waals surface area (Å²) in [5, 5.41) is 3.14. The monoisotopic (exact) mass is 290 g/mol. The first kappa shape index (κ1) is 15.4. The predicted octanol–water partition coefficient (Wildman–Crippen LogP) is 3.71. The van der Waals surface area contributed by atoms with Crippen molar-refractivity contribution < 1.29 is 8.78 Å². The van der Waals surface area contributed by atoms with E-state index in [2.05, 4.69) is 5.32 Å². The zero-order valence-corrected chi connectivity index (χ0v) is 12.4. The van der Waals surface area contributed by atoms with Gasteiger partial charge in [-0.25, -0.2) is 8.78 Å². The molecule has 0 amide bonds. The molecule has 0 aliphatic carbocycles. The summed E-state index contributed by atoms with van der Waals surface area (Å²) in [6.07, 6.45) is 0. The van der Waals surface area contributed by atoms with Crippen molar-refractivity contribution in [3.63, 3.8) is 0 Å². The Morgan fingerprint density at radius 3 is 2.43 bits per heavy atom. The number of nitrogens with zero attached hydrogens (tertiary/aromatic N) is 1. The second-order valence-electron chi connectivity index (χ2n) is 4.97. The van der Waals surface area contributed by atoms with E-state index >= 15 is 0 Å². The number of hydrogen-bond acceptors (Lipinski definition) is 2. The molecule has 0 radical (unpaired) electrons. The summed E-state index contributed by atoms with van der Waals surface area (Å²) < 4.78 is 27.7. The van der Waals surface area contributed by atoms with Crippen molar-refractivity contribution in [1.29, 1.82) is 0 Å². The van der Waals surface area contributed by atoms with Gasteiger partial charge < -0.3 is 10.2 Å². The third kappa shape index (κ3) is 3.79. The lowest BCUT2D eigenvalue weighted by atomic mass is 10.1. The second kappa shape index (κ2) is 7.18. The van der Waals surface area contributed by atoms with Gasteiger partial charge in [0.25, 0.3) is 0 Å². The largest absolute Gasteiger partial charge is 0.370 e. The van der Waals surface area contributed by atoms with Crippen molar-refractivity contribution in [2.24, 2.45) is 0 Å². The van der Waals surface area contributed by atoms with E-state index in [-0.39, 0.29) is 11.6 Å². The predicted molar refractivity (Wildman–Crippen MR) is 82.3 cm³/mol. The summed E-state index contributed by atoms with van der Waals surface area (Å²) >= 11 is 0. The molecule has 0 saturated carbocycles. The van der Waals surface area contributed by atoms with E-state index < -0.39 is 0 Å². The molecule has 0 heterocycles. The van der Waals surface area contributed by atoms with Crippen molar-refractivity contribution in [2.75, 3.05) is 18.5 Å². The SMILES string of the molecule is CCNCc1c(F)cccc1N(C)Cc1ccccc1F. The first-order valence-corrected chi connectivity index (χ1v) is 7.06. The fourth-order valence-electron chi connectivity index (χ4n) is 2.30. The normalized spacial score (nSPS) is 10.7. The zero-order chi connectivity index (χ0) is 15.2. The summed E-state index contributed by atoms with van der Waals surface area (Å²) in [6, 6.07) is 11.6. The Bertz CT molecular complexity index is 599. The Labute approximate surface area is 124 Å². The lowest BCUT2D eigenvalue weighted by Gasteiger charge is -2.23. The van der Waals surface area contributed by atoms with Crippen molar-refractivity contribution >= 4 is 5.69 Å². The summed E-state index contributed by atoms with van der Waals surface area (Å²) in [7, 11) is 1.84. The molecule has 0 fully saturated rings. The lowest BCUT2D eigenvalue weighted by molar-refractivity contribution is 0.590. The molecular formula is C17H20F2N2. The number of halogens is 2. The van der Waals surface area contributed by atoms with Gasteiger partial charge in [0.2, 0.25) is 0 Å². The van der Waals surface area contributed by atoms with Gasteiger partial charge in [-0.05, 0) is 24.7 Å². The minimum atomic E-state index is -0.242. The van der Waals surface area contributed by atoms with Crippen molar-refractivity contribution in [3.8, 4) is 0 Å². The van der Waals surface area contributed by atoms with Gasteiger partial charge in [-0.3, -0.25) is 0 Å². The highest BCUT2D eigenvalue weighted by atomic mass is 19.1.